The van der Waals surface area contributed by atoms with Crippen LogP contribution in [0.3, 0.4) is 0 Å². The average molecular weight is 341 g/mol. The van der Waals surface area contributed by atoms with Crippen molar-refractivity contribution in [3.63, 3.8) is 0 Å². The molecule has 0 amide bonds. The largest absolute Gasteiger partial charge is 0.417 e. The molecule has 0 aromatic carbocycles. The molecule has 86 valence electrons. The van der Waals surface area contributed by atoms with Crippen LogP contribution in [0.15, 0.2) is 12.3 Å². The first-order valence-corrected chi connectivity index (χ1v) is 5.60. The van der Waals surface area contributed by atoms with Crippen molar-refractivity contribution in [2.75, 3.05) is 0 Å². The molecule has 0 aliphatic carbocycles. The third-order valence-corrected chi connectivity index (χ3v) is 3.01. The Bertz CT molecular complexity index is 533. The summed E-state index contributed by atoms with van der Waals surface area (Å²) in [6.45, 7) is 2.52. The van der Waals surface area contributed by atoms with Gasteiger partial charge in [-0.05, 0) is 13.0 Å². The highest BCUT2D eigenvalue weighted by Crippen LogP contribution is 2.30. The zero-order valence-corrected chi connectivity index (χ0v) is 10.4. The molecule has 16 heavy (non-hydrogen) atoms. The third kappa shape index (κ3) is 1.87. The van der Waals surface area contributed by atoms with Gasteiger partial charge < -0.3 is 4.57 Å². The number of halogens is 4. The molecule has 3 nitrogen and oxygen atoms in total. The first-order valence-electron chi connectivity index (χ1n) is 4.52. The van der Waals surface area contributed by atoms with Gasteiger partial charge in [-0.3, -0.25) is 0 Å². The fraction of sp³-hybridized carbons (Fsp3) is 0.333. The number of imidazole rings is 1. The molecular weight excluding hydrogens is 334 g/mol. The number of pyridine rings is 1. The molecular formula is C9H7F3IN3. The Morgan fingerprint density at radius 1 is 1.44 bits per heavy atom. The Balaban J connectivity index is 2.65. The maximum Gasteiger partial charge on any atom is 0.417 e. The van der Waals surface area contributed by atoms with Crippen LogP contribution in [0.2, 0.25) is 0 Å². The van der Waals surface area contributed by atoms with E-state index in [0.717, 1.165) is 12.3 Å². The summed E-state index contributed by atoms with van der Waals surface area (Å²) in [4.78, 5) is 7.86. The molecule has 0 N–H and O–H groups in total. The minimum Gasteiger partial charge on any atom is -0.304 e. The van der Waals surface area contributed by atoms with Crippen LogP contribution < -0.4 is 0 Å². The van der Waals surface area contributed by atoms with Gasteiger partial charge in [0.2, 0.25) is 0 Å². The van der Waals surface area contributed by atoms with E-state index in [1.807, 2.05) is 29.5 Å². The van der Waals surface area contributed by atoms with Crippen LogP contribution in [0.1, 0.15) is 12.5 Å². The standard InChI is InChI=1S/C9H7F3IN3/c1-2-16-7-6(15-8(16)13)3-5(4-14-7)9(10,11)12/h3-4H,2H2,1H3. The lowest BCUT2D eigenvalue weighted by Crippen LogP contribution is -2.05. The summed E-state index contributed by atoms with van der Waals surface area (Å²) in [7, 11) is 0. The Hall–Kier alpha value is -0.860. The van der Waals surface area contributed by atoms with Crippen LogP contribution in [-0.4, -0.2) is 14.5 Å². The summed E-state index contributed by atoms with van der Waals surface area (Å²) in [5.74, 6) is 0. The lowest BCUT2D eigenvalue weighted by Gasteiger charge is -2.05. The molecule has 0 atom stereocenters. The molecule has 0 fully saturated rings. The lowest BCUT2D eigenvalue weighted by molar-refractivity contribution is -0.137. The normalized spacial score (nSPS) is 12.3. The number of nitrogens with zero attached hydrogens (tertiary/aromatic N) is 3. The Labute approximate surface area is 103 Å². The van der Waals surface area contributed by atoms with Gasteiger partial charge in [-0.2, -0.15) is 13.2 Å². The van der Waals surface area contributed by atoms with Gasteiger partial charge in [0.25, 0.3) is 0 Å². The first-order chi connectivity index (χ1) is 7.43. The highest BCUT2D eigenvalue weighted by molar-refractivity contribution is 14.1. The number of alkyl halides is 3. The van der Waals surface area contributed by atoms with Gasteiger partial charge in [0.05, 0.1) is 5.56 Å². The predicted molar refractivity (Wildman–Crippen MR) is 60.9 cm³/mol. The molecule has 0 spiro atoms. The number of aryl methyl sites for hydroxylation is 1. The second kappa shape index (κ2) is 3.86. The van der Waals surface area contributed by atoms with Gasteiger partial charge in [0, 0.05) is 35.3 Å². The first kappa shape index (κ1) is 11.6. The van der Waals surface area contributed by atoms with E-state index in [1.165, 1.54) is 0 Å². The molecule has 0 saturated carbocycles. The number of hydrogen-bond acceptors (Lipinski definition) is 2. The molecule has 0 aliphatic heterocycles. The fourth-order valence-electron chi connectivity index (χ4n) is 1.42. The molecule has 0 unspecified atom stereocenters. The average Bonchev–Trinajstić information content (AvgIpc) is 2.50. The van der Waals surface area contributed by atoms with Crippen molar-refractivity contribution in [3.8, 4) is 0 Å². The minimum absolute atomic E-state index is 0.279. The summed E-state index contributed by atoms with van der Waals surface area (Å²) >= 11 is 1.98. The molecule has 7 heteroatoms. The monoisotopic (exact) mass is 341 g/mol. The van der Waals surface area contributed by atoms with Crippen molar-refractivity contribution in [3.05, 3.63) is 21.7 Å². The van der Waals surface area contributed by atoms with Crippen molar-refractivity contribution >= 4 is 33.8 Å². The van der Waals surface area contributed by atoms with Crippen LogP contribution in [-0.2, 0) is 12.7 Å². The van der Waals surface area contributed by atoms with Crippen molar-refractivity contribution in [1.29, 1.82) is 0 Å². The van der Waals surface area contributed by atoms with Crippen molar-refractivity contribution < 1.29 is 13.2 Å². The van der Waals surface area contributed by atoms with E-state index in [9.17, 15) is 13.2 Å². The van der Waals surface area contributed by atoms with E-state index in [4.69, 9.17) is 0 Å². The van der Waals surface area contributed by atoms with Crippen LogP contribution in [0.25, 0.3) is 11.2 Å². The van der Waals surface area contributed by atoms with Gasteiger partial charge in [0.1, 0.15) is 5.52 Å². The van der Waals surface area contributed by atoms with E-state index in [-0.39, 0.29) is 5.52 Å². The highest BCUT2D eigenvalue weighted by atomic mass is 127. The molecule has 2 aromatic heterocycles. The molecule has 0 saturated heterocycles. The van der Waals surface area contributed by atoms with E-state index in [1.54, 1.807) is 4.57 Å². The van der Waals surface area contributed by atoms with E-state index < -0.39 is 11.7 Å². The van der Waals surface area contributed by atoms with E-state index >= 15 is 0 Å². The van der Waals surface area contributed by atoms with E-state index in [0.29, 0.717) is 16.0 Å². The summed E-state index contributed by atoms with van der Waals surface area (Å²) in [5, 5.41) is 0. The lowest BCUT2D eigenvalue weighted by atomic mass is 10.2. The SMILES string of the molecule is CCn1c(I)nc2cc(C(F)(F)F)cnc21. The van der Waals surface area contributed by atoms with Crippen LogP contribution in [0.5, 0.6) is 0 Å². The second-order valence-corrected chi connectivity index (χ2v) is 4.15. The smallest absolute Gasteiger partial charge is 0.304 e. The number of rotatable bonds is 1. The van der Waals surface area contributed by atoms with Gasteiger partial charge in [-0.1, -0.05) is 0 Å². The summed E-state index contributed by atoms with van der Waals surface area (Å²) in [6, 6.07) is 1.02. The zero-order valence-electron chi connectivity index (χ0n) is 8.22. The number of aromatic nitrogens is 3. The maximum atomic E-state index is 12.4. The van der Waals surface area contributed by atoms with Crippen molar-refractivity contribution in [2.45, 2.75) is 19.6 Å². The molecule has 2 rings (SSSR count). The summed E-state index contributed by atoms with van der Waals surface area (Å²) in [5.41, 5.74) is -0.00173. The summed E-state index contributed by atoms with van der Waals surface area (Å²) in [6.07, 6.45) is -3.53. The quantitative estimate of drug-likeness (QED) is 0.747. The van der Waals surface area contributed by atoms with Gasteiger partial charge in [-0.15, -0.1) is 0 Å². The summed E-state index contributed by atoms with van der Waals surface area (Å²) < 4.78 is 39.7. The Morgan fingerprint density at radius 3 is 2.69 bits per heavy atom. The third-order valence-electron chi connectivity index (χ3n) is 2.18. The van der Waals surface area contributed by atoms with Crippen LogP contribution in [0.4, 0.5) is 13.2 Å². The second-order valence-electron chi connectivity index (χ2n) is 3.19. The zero-order chi connectivity index (χ0) is 11.9. The Morgan fingerprint density at radius 2 is 2.12 bits per heavy atom. The Kier molecular flexibility index (Phi) is 2.81. The van der Waals surface area contributed by atoms with Gasteiger partial charge in [-0.25, -0.2) is 9.97 Å². The van der Waals surface area contributed by atoms with Crippen LogP contribution in [0, 0.1) is 3.83 Å². The fourth-order valence-corrected chi connectivity index (χ4v) is 2.25. The minimum atomic E-state index is -4.37. The topological polar surface area (TPSA) is 30.7 Å². The molecule has 2 aromatic rings. The maximum absolute atomic E-state index is 12.4. The van der Waals surface area contributed by atoms with Crippen molar-refractivity contribution in [1.82, 2.24) is 14.5 Å². The van der Waals surface area contributed by atoms with Gasteiger partial charge in [0.15, 0.2) is 9.48 Å². The van der Waals surface area contributed by atoms with E-state index in [2.05, 4.69) is 9.97 Å². The number of fused-ring (bicyclic) bond motifs is 1. The van der Waals surface area contributed by atoms with Crippen LogP contribution >= 0.6 is 22.6 Å². The highest BCUT2D eigenvalue weighted by Gasteiger charge is 2.31. The number of hydrogen-bond donors (Lipinski definition) is 0. The molecule has 2 heterocycles. The molecule has 0 bridgehead atoms. The van der Waals surface area contributed by atoms with Gasteiger partial charge >= 0.3 is 6.18 Å². The predicted octanol–water partition coefficient (Wildman–Crippen LogP) is 3.07. The molecule has 0 aliphatic rings. The van der Waals surface area contributed by atoms with Crippen molar-refractivity contribution in [2.24, 2.45) is 0 Å². The molecule has 0 radical (unpaired) electrons.